The average Bonchev–Trinajstić information content (AvgIpc) is 2.88. The van der Waals surface area contributed by atoms with Crippen LogP contribution in [0.1, 0.15) is 60.4 Å². The van der Waals surface area contributed by atoms with Crippen molar-refractivity contribution in [1.29, 1.82) is 5.26 Å². The zero-order chi connectivity index (χ0) is 28.8. The molecule has 1 unspecified atom stereocenters. The first kappa shape index (κ1) is 28.1. The number of hydrogen-bond acceptors (Lipinski definition) is 5. The smallest absolute Gasteiger partial charge is 0.162 e. The molecule has 3 aromatic carbocycles. The van der Waals surface area contributed by atoms with E-state index in [-0.39, 0.29) is 11.2 Å². The third kappa shape index (κ3) is 5.31. The highest BCUT2D eigenvalue weighted by molar-refractivity contribution is 7.98. The molecule has 0 saturated carbocycles. The molecule has 4 nitrogen and oxygen atoms in total. The Morgan fingerprint density at radius 1 is 1.05 bits per heavy atom. The molecule has 1 heterocycles. The van der Waals surface area contributed by atoms with Gasteiger partial charge in [0, 0.05) is 39.0 Å². The first-order valence-electron chi connectivity index (χ1n) is 13.5. The second kappa shape index (κ2) is 10.8. The molecule has 3 aromatic rings. The topological polar surface area (TPSA) is 70.1 Å². The van der Waals surface area contributed by atoms with Gasteiger partial charge in [-0.1, -0.05) is 61.3 Å². The molecule has 2 N–H and O–H groups in total. The molecule has 40 heavy (non-hydrogen) atoms. The molecule has 0 amide bonds. The molecule has 0 aromatic heterocycles. The minimum absolute atomic E-state index is 0.0686. The maximum Gasteiger partial charge on any atom is 0.162 e. The van der Waals surface area contributed by atoms with Gasteiger partial charge < -0.3 is 5.73 Å². The Morgan fingerprint density at radius 3 is 2.45 bits per heavy atom. The van der Waals surface area contributed by atoms with Gasteiger partial charge in [-0.05, 0) is 85.2 Å². The van der Waals surface area contributed by atoms with E-state index in [4.69, 9.17) is 17.3 Å². The van der Waals surface area contributed by atoms with Crippen LogP contribution in [0.4, 0.5) is 5.69 Å². The number of nitriles is 1. The number of nitrogens with zero attached hydrogens (tertiary/aromatic N) is 2. The SMILES string of the molecule is Cc1ccc(SCc2cc(C3C(C#N)=C(N)N(c4cccc(Cl)c4)C4=C3C(=O)CC(C)(C)C4)c(C)cc2C)cc1. The second-order valence-electron chi connectivity index (χ2n) is 11.7. The van der Waals surface area contributed by atoms with Gasteiger partial charge in [-0.25, -0.2) is 0 Å². The summed E-state index contributed by atoms with van der Waals surface area (Å²) in [5, 5.41) is 11.1. The standard InChI is InChI=1S/C34H34ClN3OS/c1-20-9-11-26(12-10-20)40-19-23-14-27(22(3)13-21(23)2)31-28(18-36)33(37)38(25-8-6-7-24(35)15-25)29-16-34(4,5)17-30(39)32(29)31/h6-15,31H,16-17,19,37H2,1-5H3. The molecule has 1 aliphatic carbocycles. The summed E-state index contributed by atoms with van der Waals surface area (Å²) in [7, 11) is 0. The van der Waals surface area contributed by atoms with E-state index in [1.807, 2.05) is 23.1 Å². The number of anilines is 1. The molecule has 204 valence electrons. The molecule has 1 aliphatic heterocycles. The van der Waals surface area contributed by atoms with Crippen LogP contribution < -0.4 is 10.6 Å². The molecule has 1 atom stereocenters. The van der Waals surface area contributed by atoms with Gasteiger partial charge in [-0.2, -0.15) is 5.26 Å². The molecular formula is C34H34ClN3OS. The van der Waals surface area contributed by atoms with Crippen LogP contribution in [0.25, 0.3) is 0 Å². The van der Waals surface area contributed by atoms with Gasteiger partial charge in [0.2, 0.25) is 0 Å². The number of ketones is 1. The summed E-state index contributed by atoms with van der Waals surface area (Å²) < 4.78 is 0. The fraction of sp³-hybridized carbons (Fsp3) is 0.294. The number of carbonyl (C=O) groups is 1. The Hall–Kier alpha value is -3.46. The van der Waals surface area contributed by atoms with Crippen LogP contribution in [0.3, 0.4) is 0 Å². The summed E-state index contributed by atoms with van der Waals surface area (Å²) in [5.41, 5.74) is 14.9. The molecule has 0 spiro atoms. The predicted molar refractivity (Wildman–Crippen MR) is 165 cm³/mol. The summed E-state index contributed by atoms with van der Waals surface area (Å²) in [5.74, 6) is 0.703. The summed E-state index contributed by atoms with van der Waals surface area (Å²) in [6.45, 7) is 10.5. The van der Waals surface area contributed by atoms with Gasteiger partial charge in [0.05, 0.1) is 17.6 Å². The zero-order valence-corrected chi connectivity index (χ0v) is 25.2. The number of halogens is 1. The van der Waals surface area contributed by atoms with Gasteiger partial charge in [0.15, 0.2) is 5.78 Å². The van der Waals surface area contributed by atoms with E-state index < -0.39 is 5.92 Å². The van der Waals surface area contributed by atoms with Crippen molar-refractivity contribution in [3.8, 4) is 6.07 Å². The molecule has 0 fully saturated rings. The lowest BCUT2D eigenvalue weighted by molar-refractivity contribution is -0.118. The van der Waals surface area contributed by atoms with E-state index in [0.29, 0.717) is 34.8 Å². The van der Waals surface area contributed by atoms with Crippen molar-refractivity contribution in [2.24, 2.45) is 11.1 Å². The maximum absolute atomic E-state index is 14.0. The van der Waals surface area contributed by atoms with Crippen molar-refractivity contribution in [3.05, 3.63) is 116 Å². The second-order valence-corrected chi connectivity index (χ2v) is 13.2. The highest BCUT2D eigenvalue weighted by Gasteiger charge is 2.45. The average molecular weight is 568 g/mol. The molecule has 0 bridgehead atoms. The van der Waals surface area contributed by atoms with E-state index in [1.165, 1.54) is 21.6 Å². The predicted octanol–water partition coefficient (Wildman–Crippen LogP) is 8.50. The molecule has 2 aliphatic rings. The minimum atomic E-state index is -0.511. The van der Waals surface area contributed by atoms with Crippen LogP contribution >= 0.6 is 23.4 Å². The Bertz CT molecular complexity index is 1610. The van der Waals surface area contributed by atoms with Crippen LogP contribution in [-0.4, -0.2) is 5.78 Å². The van der Waals surface area contributed by atoms with Crippen molar-refractivity contribution in [2.75, 3.05) is 4.90 Å². The van der Waals surface area contributed by atoms with Crippen LogP contribution in [0, 0.1) is 37.5 Å². The van der Waals surface area contributed by atoms with Crippen molar-refractivity contribution >= 4 is 34.8 Å². The van der Waals surface area contributed by atoms with E-state index in [9.17, 15) is 10.1 Å². The van der Waals surface area contributed by atoms with Crippen LogP contribution in [0.5, 0.6) is 0 Å². The Morgan fingerprint density at radius 2 is 1.77 bits per heavy atom. The van der Waals surface area contributed by atoms with E-state index >= 15 is 0 Å². The Balaban J connectivity index is 1.66. The van der Waals surface area contributed by atoms with Gasteiger partial charge in [-0.3, -0.25) is 9.69 Å². The lowest BCUT2D eigenvalue weighted by Crippen LogP contribution is -2.42. The van der Waals surface area contributed by atoms with Crippen molar-refractivity contribution in [1.82, 2.24) is 0 Å². The fourth-order valence-corrected chi connectivity index (χ4v) is 7.05. The highest BCUT2D eigenvalue weighted by atomic mass is 35.5. The lowest BCUT2D eigenvalue weighted by Gasteiger charge is -2.44. The minimum Gasteiger partial charge on any atom is -0.384 e. The Labute approximate surface area is 246 Å². The summed E-state index contributed by atoms with van der Waals surface area (Å²) in [4.78, 5) is 17.0. The first-order valence-corrected chi connectivity index (χ1v) is 14.9. The monoisotopic (exact) mass is 567 g/mol. The molecular weight excluding hydrogens is 534 g/mol. The van der Waals surface area contributed by atoms with Crippen LogP contribution in [-0.2, 0) is 10.5 Å². The van der Waals surface area contributed by atoms with E-state index in [2.05, 4.69) is 77.1 Å². The number of benzene rings is 3. The molecule has 5 rings (SSSR count). The first-order chi connectivity index (χ1) is 19.0. The summed E-state index contributed by atoms with van der Waals surface area (Å²) in [6, 6.07) is 22.7. The van der Waals surface area contributed by atoms with Crippen LogP contribution in [0.15, 0.2) is 88.2 Å². The van der Waals surface area contributed by atoms with Gasteiger partial charge in [-0.15, -0.1) is 11.8 Å². The number of Topliss-reactive ketones (excluding diaryl/α,β-unsaturated/α-hetero) is 1. The lowest BCUT2D eigenvalue weighted by atomic mass is 9.68. The summed E-state index contributed by atoms with van der Waals surface area (Å²) >= 11 is 8.15. The number of nitrogens with two attached hydrogens (primary N) is 1. The van der Waals surface area contributed by atoms with E-state index in [1.54, 1.807) is 17.8 Å². The number of rotatable bonds is 5. The van der Waals surface area contributed by atoms with Gasteiger partial charge in [0.25, 0.3) is 0 Å². The summed E-state index contributed by atoms with van der Waals surface area (Å²) in [6.07, 6.45) is 1.09. The van der Waals surface area contributed by atoms with Crippen molar-refractivity contribution in [3.63, 3.8) is 0 Å². The largest absolute Gasteiger partial charge is 0.384 e. The third-order valence-electron chi connectivity index (χ3n) is 7.90. The van der Waals surface area contributed by atoms with Gasteiger partial charge >= 0.3 is 0 Å². The van der Waals surface area contributed by atoms with E-state index in [0.717, 1.165) is 28.3 Å². The fourth-order valence-electron chi connectivity index (χ4n) is 5.91. The third-order valence-corrected chi connectivity index (χ3v) is 9.19. The van der Waals surface area contributed by atoms with Gasteiger partial charge in [0.1, 0.15) is 5.82 Å². The highest BCUT2D eigenvalue weighted by Crippen LogP contribution is 2.51. The number of hydrogen-bond donors (Lipinski definition) is 1. The molecule has 0 saturated heterocycles. The number of thioether (sulfide) groups is 1. The number of carbonyl (C=O) groups excluding carboxylic acids is 1. The Kier molecular flexibility index (Phi) is 7.61. The quantitative estimate of drug-likeness (QED) is 0.313. The maximum atomic E-state index is 14.0. The normalized spacial score (nSPS) is 18.6. The zero-order valence-electron chi connectivity index (χ0n) is 23.6. The molecule has 6 heteroatoms. The van der Waals surface area contributed by atoms with Crippen molar-refractivity contribution in [2.45, 2.75) is 64.0 Å². The number of aryl methyl sites for hydroxylation is 3. The molecule has 0 radical (unpaired) electrons. The van der Waals surface area contributed by atoms with Crippen molar-refractivity contribution < 1.29 is 4.79 Å². The van der Waals surface area contributed by atoms with Crippen LogP contribution in [0.2, 0.25) is 5.02 Å². The number of allylic oxidation sites excluding steroid dienone is 3.